The molecule has 2 N–H and O–H groups in total. The van der Waals surface area contributed by atoms with Gasteiger partial charge in [0, 0.05) is 32.1 Å². The van der Waals surface area contributed by atoms with E-state index in [1.165, 1.54) is 0 Å². The molecular weight excluding hydrogens is 348 g/mol. The fourth-order valence-corrected chi connectivity index (χ4v) is 2.83. The van der Waals surface area contributed by atoms with Crippen molar-refractivity contribution >= 4 is 11.9 Å². The van der Waals surface area contributed by atoms with Crippen LogP contribution in [0.3, 0.4) is 0 Å². The third kappa shape index (κ3) is 12.0. The monoisotopic (exact) mass is 388 g/mol. The molecule has 0 aliphatic carbocycles. The summed E-state index contributed by atoms with van der Waals surface area (Å²) in [6.07, 6.45) is 3.39. The van der Waals surface area contributed by atoms with Crippen LogP contribution in [0.15, 0.2) is 0 Å². The van der Waals surface area contributed by atoms with Crippen LogP contribution >= 0.6 is 0 Å². The molecule has 0 aromatic carbocycles. The van der Waals surface area contributed by atoms with Gasteiger partial charge in [-0.2, -0.15) is 0 Å². The van der Waals surface area contributed by atoms with Crippen molar-refractivity contribution in [2.45, 2.75) is 53.4 Å². The molecule has 160 valence electrons. The highest BCUT2D eigenvalue weighted by Crippen LogP contribution is 2.12. The molecule has 0 bridgehead atoms. The van der Waals surface area contributed by atoms with E-state index in [1.54, 1.807) is 0 Å². The number of carbonyl (C=O) groups is 2. The topological polar surface area (TPSA) is 88.1 Å². The van der Waals surface area contributed by atoms with Crippen LogP contribution in [-0.2, 0) is 19.1 Å². The fourth-order valence-electron chi connectivity index (χ4n) is 2.83. The van der Waals surface area contributed by atoms with E-state index in [9.17, 15) is 9.59 Å². The average Bonchev–Trinajstić information content (AvgIpc) is 2.72. The van der Waals surface area contributed by atoms with E-state index >= 15 is 0 Å². The molecule has 0 spiro atoms. The Hall–Kier alpha value is -1.18. The van der Waals surface area contributed by atoms with Gasteiger partial charge in [0.25, 0.3) is 0 Å². The quantitative estimate of drug-likeness (QED) is 0.726. The van der Waals surface area contributed by atoms with Crippen LogP contribution < -0.4 is 5.32 Å². The number of morpholine rings is 2. The van der Waals surface area contributed by atoms with E-state index in [4.69, 9.17) is 14.6 Å². The van der Waals surface area contributed by atoms with E-state index in [1.807, 2.05) is 18.7 Å². The summed E-state index contributed by atoms with van der Waals surface area (Å²) in [6.45, 7) is 14.7. The Labute approximate surface area is 164 Å². The van der Waals surface area contributed by atoms with E-state index in [0.717, 1.165) is 65.1 Å². The van der Waals surface area contributed by atoms with Crippen molar-refractivity contribution in [3.05, 3.63) is 0 Å². The van der Waals surface area contributed by atoms with Gasteiger partial charge >= 0.3 is 5.97 Å². The van der Waals surface area contributed by atoms with Crippen LogP contribution in [0, 0.1) is 11.8 Å². The minimum Gasteiger partial charge on any atom is -0.481 e. The van der Waals surface area contributed by atoms with Gasteiger partial charge < -0.3 is 24.8 Å². The zero-order valence-corrected chi connectivity index (χ0v) is 17.7. The maximum atomic E-state index is 11.8. The normalized spacial score (nSPS) is 16.9. The van der Waals surface area contributed by atoms with Gasteiger partial charge in [-0.1, -0.05) is 27.7 Å². The van der Waals surface area contributed by atoms with Gasteiger partial charge in [-0.15, -0.1) is 0 Å². The van der Waals surface area contributed by atoms with Crippen molar-refractivity contribution in [1.82, 2.24) is 10.2 Å². The number of nitrogens with zero attached hydrogens (tertiary/aromatic N) is 1. The number of ether oxygens (including phenoxy) is 2. The van der Waals surface area contributed by atoms with E-state index in [-0.39, 0.29) is 11.8 Å². The Kier molecular flexibility index (Phi) is 16.2. The molecule has 2 fully saturated rings. The first-order valence-corrected chi connectivity index (χ1v) is 10.4. The lowest BCUT2D eigenvalue weighted by Gasteiger charge is -2.29. The van der Waals surface area contributed by atoms with Gasteiger partial charge in [-0.3, -0.25) is 9.59 Å². The third-order valence-corrected chi connectivity index (χ3v) is 4.84. The van der Waals surface area contributed by atoms with E-state index < -0.39 is 5.97 Å². The Morgan fingerprint density at radius 2 is 1.30 bits per heavy atom. The highest BCUT2D eigenvalue weighted by Gasteiger charge is 2.22. The average molecular weight is 389 g/mol. The first-order valence-electron chi connectivity index (χ1n) is 10.4. The van der Waals surface area contributed by atoms with E-state index in [0.29, 0.717) is 19.1 Å². The number of carboxylic acids is 1. The van der Waals surface area contributed by atoms with Crippen molar-refractivity contribution < 1.29 is 24.2 Å². The summed E-state index contributed by atoms with van der Waals surface area (Å²) in [6, 6.07) is 0. The lowest BCUT2D eigenvalue weighted by molar-refractivity contribution is -0.142. The number of aliphatic carboxylic acids is 1. The lowest BCUT2D eigenvalue weighted by atomic mass is 10.0. The predicted molar refractivity (Wildman–Crippen MR) is 107 cm³/mol. The Bertz CT molecular complexity index is 363. The molecule has 2 aliphatic heterocycles. The molecule has 2 rings (SSSR count). The zero-order chi connectivity index (χ0) is 20.5. The summed E-state index contributed by atoms with van der Waals surface area (Å²) < 4.78 is 10.2. The molecule has 27 heavy (non-hydrogen) atoms. The fraction of sp³-hybridized carbons (Fsp3) is 0.900. The first kappa shape index (κ1) is 25.8. The number of hydrogen-bond acceptors (Lipinski definition) is 5. The van der Waals surface area contributed by atoms with Crippen LogP contribution in [0.5, 0.6) is 0 Å². The standard InChI is InChI=1S/C10H19NO2.C6H12O2.C4H9NO/c1-3-9(4-2)10(12)11-5-7-13-8-6-11;1-3-5(4-2)6(7)8;1-3-6-4-2-5-1/h9H,3-8H2,1-2H3;5H,3-4H2,1-2H3,(H,7,8);5H,1-4H2. The predicted octanol–water partition coefficient (Wildman–Crippen LogP) is 2.39. The number of carbonyl (C=O) groups excluding carboxylic acids is 1. The van der Waals surface area contributed by atoms with Gasteiger partial charge in [0.2, 0.25) is 5.91 Å². The second kappa shape index (κ2) is 17.0. The second-order valence-electron chi connectivity index (χ2n) is 6.67. The maximum Gasteiger partial charge on any atom is 0.306 e. The van der Waals surface area contributed by atoms with Gasteiger partial charge in [0.15, 0.2) is 0 Å². The minimum absolute atomic E-state index is 0.130. The summed E-state index contributed by atoms with van der Waals surface area (Å²) in [4.78, 5) is 23.9. The molecule has 0 unspecified atom stereocenters. The molecule has 0 radical (unpaired) electrons. The van der Waals surface area contributed by atoms with Crippen molar-refractivity contribution in [3.8, 4) is 0 Å². The number of carboxylic acid groups (broad SMARTS) is 1. The van der Waals surface area contributed by atoms with E-state index in [2.05, 4.69) is 19.2 Å². The number of amides is 1. The summed E-state index contributed by atoms with van der Waals surface area (Å²) in [5.41, 5.74) is 0. The first-order chi connectivity index (χ1) is 13.0. The molecule has 2 saturated heterocycles. The molecule has 0 aromatic rings. The van der Waals surface area contributed by atoms with Gasteiger partial charge in [-0.25, -0.2) is 0 Å². The van der Waals surface area contributed by atoms with Crippen molar-refractivity contribution in [2.24, 2.45) is 11.8 Å². The second-order valence-corrected chi connectivity index (χ2v) is 6.67. The lowest BCUT2D eigenvalue weighted by Crippen LogP contribution is -2.43. The minimum atomic E-state index is -0.671. The molecule has 0 saturated carbocycles. The SMILES string of the molecule is C1COCCN1.CCC(CC)C(=O)N1CCOCC1.CCC(CC)C(=O)O. The van der Waals surface area contributed by atoms with Crippen molar-refractivity contribution in [2.75, 3.05) is 52.6 Å². The molecule has 1 amide bonds. The van der Waals surface area contributed by atoms with Crippen LogP contribution in [-0.4, -0.2) is 74.5 Å². The third-order valence-electron chi connectivity index (χ3n) is 4.84. The van der Waals surface area contributed by atoms with Crippen LogP contribution in [0.4, 0.5) is 0 Å². The molecule has 2 heterocycles. The molecular formula is C20H40N2O5. The maximum absolute atomic E-state index is 11.8. The van der Waals surface area contributed by atoms with Gasteiger partial charge in [0.05, 0.1) is 32.3 Å². The van der Waals surface area contributed by atoms with Crippen LogP contribution in [0.1, 0.15) is 53.4 Å². The van der Waals surface area contributed by atoms with Crippen molar-refractivity contribution in [1.29, 1.82) is 0 Å². The molecule has 2 aliphatic rings. The smallest absolute Gasteiger partial charge is 0.306 e. The number of hydrogen-bond donors (Lipinski definition) is 2. The van der Waals surface area contributed by atoms with Crippen LogP contribution in [0.2, 0.25) is 0 Å². The summed E-state index contributed by atoms with van der Waals surface area (Å²) in [5.74, 6) is -0.267. The largest absolute Gasteiger partial charge is 0.481 e. The zero-order valence-electron chi connectivity index (χ0n) is 17.7. The molecule has 0 aromatic heterocycles. The van der Waals surface area contributed by atoms with Crippen LogP contribution in [0.25, 0.3) is 0 Å². The number of rotatable bonds is 6. The Morgan fingerprint density at radius 3 is 1.56 bits per heavy atom. The summed E-state index contributed by atoms with van der Waals surface area (Å²) in [7, 11) is 0. The molecule has 7 nitrogen and oxygen atoms in total. The Morgan fingerprint density at radius 1 is 0.852 bits per heavy atom. The number of nitrogens with one attached hydrogen (secondary N) is 1. The van der Waals surface area contributed by atoms with Crippen molar-refractivity contribution in [3.63, 3.8) is 0 Å². The highest BCUT2D eigenvalue weighted by atomic mass is 16.5. The molecule has 7 heteroatoms. The highest BCUT2D eigenvalue weighted by molar-refractivity contribution is 5.78. The molecule has 0 atom stereocenters. The summed E-state index contributed by atoms with van der Waals surface area (Å²) in [5, 5.41) is 11.5. The van der Waals surface area contributed by atoms with Gasteiger partial charge in [0.1, 0.15) is 0 Å². The Balaban J connectivity index is 0.000000412. The summed E-state index contributed by atoms with van der Waals surface area (Å²) >= 11 is 0. The van der Waals surface area contributed by atoms with Gasteiger partial charge in [-0.05, 0) is 25.7 Å².